The number of hydrogen-bond acceptors (Lipinski definition) is 8. The highest BCUT2D eigenvalue weighted by molar-refractivity contribution is 5.78. The van der Waals surface area contributed by atoms with E-state index in [0.717, 1.165) is 0 Å². The van der Waals surface area contributed by atoms with Crippen molar-refractivity contribution in [2.45, 2.75) is 113 Å². The SMILES string of the molecule is CCC(C)(C)C(=O)OC(C)C(C)C(c1ccc(OC(=O)CC(C)(C)C)c(OC(=O)CC(C)(C)C)c1)[C@H](N)C(=O)O. The quantitative estimate of drug-likeness (QED) is 0.236. The lowest BCUT2D eigenvalue weighted by molar-refractivity contribution is -0.162. The van der Waals surface area contributed by atoms with E-state index in [9.17, 15) is 24.3 Å². The third-order valence-corrected chi connectivity index (χ3v) is 6.86. The van der Waals surface area contributed by atoms with Gasteiger partial charge in [0.1, 0.15) is 12.1 Å². The zero-order valence-corrected chi connectivity index (χ0v) is 26.0. The van der Waals surface area contributed by atoms with Crippen molar-refractivity contribution >= 4 is 23.9 Å². The minimum absolute atomic E-state index is 0.0134. The van der Waals surface area contributed by atoms with Crippen LogP contribution >= 0.6 is 0 Å². The molecule has 0 aliphatic carbocycles. The van der Waals surface area contributed by atoms with Gasteiger partial charge in [-0.15, -0.1) is 0 Å². The molecule has 4 atom stereocenters. The van der Waals surface area contributed by atoms with Crippen LogP contribution in [0, 0.1) is 22.2 Å². The van der Waals surface area contributed by atoms with Crippen molar-refractivity contribution in [3.8, 4) is 11.5 Å². The highest BCUT2D eigenvalue weighted by Crippen LogP contribution is 2.38. The Morgan fingerprint density at radius 2 is 1.32 bits per heavy atom. The Bertz CT molecular complexity index is 1060. The number of benzene rings is 1. The molecule has 0 heterocycles. The maximum atomic E-state index is 12.8. The maximum absolute atomic E-state index is 12.8. The van der Waals surface area contributed by atoms with Gasteiger partial charge < -0.3 is 25.1 Å². The molecule has 0 radical (unpaired) electrons. The Morgan fingerprint density at radius 1 is 0.850 bits per heavy atom. The fourth-order valence-corrected chi connectivity index (χ4v) is 3.94. The van der Waals surface area contributed by atoms with Gasteiger partial charge in [-0.2, -0.15) is 0 Å². The first kappa shape index (κ1) is 35.1. The first-order chi connectivity index (χ1) is 18.1. The maximum Gasteiger partial charge on any atom is 0.321 e. The van der Waals surface area contributed by atoms with Crippen molar-refractivity contribution in [2.75, 3.05) is 0 Å². The summed E-state index contributed by atoms with van der Waals surface area (Å²) in [6.07, 6.45) is 0.125. The third-order valence-electron chi connectivity index (χ3n) is 6.86. The van der Waals surface area contributed by atoms with E-state index in [1.807, 2.05) is 48.5 Å². The summed E-state index contributed by atoms with van der Waals surface area (Å²) in [6, 6.07) is 3.19. The predicted molar refractivity (Wildman–Crippen MR) is 153 cm³/mol. The number of carbonyl (C=O) groups excluding carboxylic acids is 3. The van der Waals surface area contributed by atoms with Crippen LogP contribution in [0.3, 0.4) is 0 Å². The molecule has 0 fully saturated rings. The van der Waals surface area contributed by atoms with E-state index in [1.165, 1.54) is 12.1 Å². The van der Waals surface area contributed by atoms with Gasteiger partial charge >= 0.3 is 23.9 Å². The van der Waals surface area contributed by atoms with E-state index in [1.54, 1.807) is 33.8 Å². The summed E-state index contributed by atoms with van der Waals surface area (Å²) in [6.45, 7) is 20.3. The zero-order valence-electron chi connectivity index (χ0n) is 26.0. The van der Waals surface area contributed by atoms with Gasteiger partial charge in [-0.1, -0.05) is 61.5 Å². The fourth-order valence-electron chi connectivity index (χ4n) is 3.94. The summed E-state index contributed by atoms with van der Waals surface area (Å²) in [5, 5.41) is 9.83. The van der Waals surface area contributed by atoms with Crippen LogP contribution in [-0.4, -0.2) is 41.1 Å². The van der Waals surface area contributed by atoms with E-state index >= 15 is 0 Å². The molecular formula is C31H49NO8. The molecule has 3 unspecified atom stereocenters. The molecule has 0 bridgehead atoms. The number of carboxylic acids is 1. The Kier molecular flexibility index (Phi) is 11.9. The Labute approximate surface area is 239 Å². The van der Waals surface area contributed by atoms with Crippen molar-refractivity contribution in [1.29, 1.82) is 0 Å². The van der Waals surface area contributed by atoms with Crippen molar-refractivity contribution < 1.29 is 38.5 Å². The van der Waals surface area contributed by atoms with Gasteiger partial charge in [0, 0.05) is 11.8 Å². The number of hydrogen-bond donors (Lipinski definition) is 2. The number of aliphatic carboxylic acids is 1. The zero-order chi connectivity index (χ0) is 31.2. The van der Waals surface area contributed by atoms with E-state index in [0.29, 0.717) is 12.0 Å². The smallest absolute Gasteiger partial charge is 0.321 e. The van der Waals surface area contributed by atoms with Gasteiger partial charge in [-0.3, -0.25) is 19.2 Å². The van der Waals surface area contributed by atoms with Crippen LogP contribution in [0.2, 0.25) is 0 Å². The molecule has 0 saturated carbocycles. The van der Waals surface area contributed by atoms with Crippen LogP contribution < -0.4 is 15.2 Å². The van der Waals surface area contributed by atoms with Crippen molar-refractivity contribution in [3.05, 3.63) is 23.8 Å². The topological polar surface area (TPSA) is 142 Å². The molecule has 40 heavy (non-hydrogen) atoms. The average molecular weight is 564 g/mol. The second-order valence-corrected chi connectivity index (χ2v) is 13.7. The molecule has 9 heteroatoms. The predicted octanol–water partition coefficient (Wildman–Crippen LogP) is 5.87. The molecule has 0 aliphatic rings. The largest absolute Gasteiger partial charge is 0.480 e. The monoisotopic (exact) mass is 563 g/mol. The summed E-state index contributed by atoms with van der Waals surface area (Å²) in [5.41, 5.74) is 5.22. The van der Waals surface area contributed by atoms with Gasteiger partial charge in [-0.05, 0) is 55.7 Å². The summed E-state index contributed by atoms with van der Waals surface area (Å²) < 4.78 is 17.0. The molecule has 1 rings (SSSR count). The molecule has 0 aliphatic heterocycles. The number of esters is 3. The van der Waals surface area contributed by atoms with Crippen LogP contribution in [0.1, 0.15) is 107 Å². The second-order valence-electron chi connectivity index (χ2n) is 13.7. The lowest BCUT2D eigenvalue weighted by atomic mass is 9.79. The first-order valence-corrected chi connectivity index (χ1v) is 13.8. The van der Waals surface area contributed by atoms with Gasteiger partial charge in [-0.25, -0.2) is 0 Å². The second kappa shape index (κ2) is 13.6. The average Bonchev–Trinajstić information content (AvgIpc) is 2.77. The van der Waals surface area contributed by atoms with Crippen LogP contribution in [-0.2, 0) is 23.9 Å². The van der Waals surface area contributed by atoms with Crippen molar-refractivity contribution in [2.24, 2.45) is 27.9 Å². The number of carboxylic acid groups (broad SMARTS) is 1. The minimum Gasteiger partial charge on any atom is -0.480 e. The van der Waals surface area contributed by atoms with Gasteiger partial charge in [0.15, 0.2) is 11.5 Å². The van der Waals surface area contributed by atoms with Crippen LogP contribution in [0.25, 0.3) is 0 Å². The summed E-state index contributed by atoms with van der Waals surface area (Å²) in [4.78, 5) is 50.2. The number of ether oxygens (including phenoxy) is 3. The molecule has 0 amide bonds. The Morgan fingerprint density at radius 3 is 1.75 bits per heavy atom. The molecule has 9 nitrogen and oxygen atoms in total. The van der Waals surface area contributed by atoms with Gasteiger partial charge in [0.05, 0.1) is 18.3 Å². The third kappa shape index (κ3) is 10.9. The molecule has 3 N–H and O–H groups in total. The number of rotatable bonds is 12. The number of carbonyl (C=O) groups is 4. The van der Waals surface area contributed by atoms with E-state index in [4.69, 9.17) is 19.9 Å². The molecule has 0 saturated heterocycles. The molecule has 0 aromatic heterocycles. The minimum atomic E-state index is -1.36. The van der Waals surface area contributed by atoms with Crippen LogP contribution in [0.15, 0.2) is 18.2 Å². The van der Waals surface area contributed by atoms with Gasteiger partial charge in [0.2, 0.25) is 0 Å². The molecule has 226 valence electrons. The summed E-state index contributed by atoms with van der Waals surface area (Å²) in [5.74, 6) is -4.00. The summed E-state index contributed by atoms with van der Waals surface area (Å²) in [7, 11) is 0. The van der Waals surface area contributed by atoms with Crippen LogP contribution in [0.5, 0.6) is 11.5 Å². The van der Waals surface area contributed by atoms with Crippen molar-refractivity contribution in [1.82, 2.24) is 0 Å². The molecule has 1 aromatic rings. The highest BCUT2D eigenvalue weighted by Gasteiger charge is 2.37. The van der Waals surface area contributed by atoms with E-state index < -0.39 is 53.3 Å². The lowest BCUT2D eigenvalue weighted by Crippen LogP contribution is -2.43. The van der Waals surface area contributed by atoms with E-state index in [-0.39, 0.29) is 35.2 Å². The van der Waals surface area contributed by atoms with Crippen LogP contribution in [0.4, 0.5) is 0 Å². The van der Waals surface area contributed by atoms with Gasteiger partial charge in [0.25, 0.3) is 0 Å². The highest BCUT2D eigenvalue weighted by atomic mass is 16.6. The summed E-state index contributed by atoms with van der Waals surface area (Å²) >= 11 is 0. The lowest BCUT2D eigenvalue weighted by Gasteiger charge is -2.33. The molecule has 1 aromatic carbocycles. The molecular weight excluding hydrogens is 514 g/mol. The standard InChI is InChI=1S/C31H49NO8/c1-12-31(10,11)28(37)38-19(3)18(2)25(26(32)27(35)36)20-13-14-21(39-23(33)16-29(4,5)6)22(15-20)40-24(34)17-30(7,8)9/h13-15,18-19,25-26H,12,16-17,32H2,1-11H3,(H,35,36)/t18?,19?,25?,26-/m0/s1. The fraction of sp³-hybridized carbons (Fsp3) is 0.677. The van der Waals surface area contributed by atoms with E-state index in [2.05, 4.69) is 0 Å². The Balaban J connectivity index is 3.54. The first-order valence-electron chi connectivity index (χ1n) is 13.8. The normalized spacial score (nSPS) is 15.4. The van der Waals surface area contributed by atoms with Crippen molar-refractivity contribution in [3.63, 3.8) is 0 Å². The molecule has 0 spiro atoms. The number of nitrogens with two attached hydrogens (primary N) is 1. The Hall–Kier alpha value is -2.94.